The lowest BCUT2D eigenvalue weighted by Crippen LogP contribution is -2.61. The first-order valence-electron chi connectivity index (χ1n) is 24.5. The van der Waals surface area contributed by atoms with Crippen LogP contribution >= 0.6 is 0 Å². The van der Waals surface area contributed by atoms with Crippen molar-refractivity contribution in [3.63, 3.8) is 0 Å². The Hall–Kier alpha value is -3.37. The summed E-state index contributed by atoms with van der Waals surface area (Å²) in [5, 5.41) is 33.9. The van der Waals surface area contributed by atoms with Gasteiger partial charge in [0.15, 0.2) is 5.78 Å². The zero-order chi connectivity index (χ0) is 48.9. The van der Waals surface area contributed by atoms with Crippen molar-refractivity contribution in [3.05, 3.63) is 47.6 Å². The number of allylic oxidation sites excluding steroid dienone is 6. The van der Waals surface area contributed by atoms with E-state index in [1.165, 1.54) is 12.0 Å². The smallest absolute Gasteiger partial charge is 0.329 e. The number of hydrogen-bond donors (Lipinski definition) is 3. The first-order chi connectivity index (χ1) is 31.2. The normalized spacial score (nSPS) is 38.7. The molecular formula is C52H81NO13. The number of amides is 1. The van der Waals surface area contributed by atoms with Crippen LogP contribution < -0.4 is 0 Å². The molecule has 1 aliphatic carbocycles. The lowest BCUT2D eigenvalue weighted by Gasteiger charge is -2.43. The van der Waals surface area contributed by atoms with E-state index < -0.39 is 83.9 Å². The van der Waals surface area contributed by atoms with Gasteiger partial charge in [-0.3, -0.25) is 19.2 Å². The Balaban J connectivity index is 1.71. The van der Waals surface area contributed by atoms with E-state index in [0.717, 1.165) is 12.0 Å². The Bertz CT molecular complexity index is 1770. The van der Waals surface area contributed by atoms with Crippen molar-refractivity contribution in [2.45, 2.75) is 187 Å². The maximum atomic E-state index is 14.4. The van der Waals surface area contributed by atoms with E-state index in [1.807, 2.05) is 65.0 Å². The van der Waals surface area contributed by atoms with Crippen molar-refractivity contribution in [2.24, 2.45) is 35.5 Å². The number of cyclic esters (lactones) is 1. The van der Waals surface area contributed by atoms with Gasteiger partial charge in [-0.1, -0.05) is 71.1 Å². The largest absolute Gasteiger partial charge is 0.460 e. The molecule has 66 heavy (non-hydrogen) atoms. The number of hydrogen-bond acceptors (Lipinski definition) is 13. The first-order valence-corrected chi connectivity index (χ1v) is 24.5. The van der Waals surface area contributed by atoms with Crippen LogP contribution in [-0.4, -0.2) is 131 Å². The average Bonchev–Trinajstić information content (AvgIpc) is 3.29. The summed E-state index contributed by atoms with van der Waals surface area (Å²) in [5.41, 5.74) is 1.29. The van der Waals surface area contributed by atoms with Crippen molar-refractivity contribution >= 4 is 29.2 Å². The number of aliphatic hydroxyl groups excluding tert-OH is 2. The molecule has 372 valence electrons. The molecule has 1 saturated carbocycles. The monoisotopic (exact) mass is 928 g/mol. The van der Waals surface area contributed by atoms with Crippen LogP contribution in [0.5, 0.6) is 0 Å². The molecule has 0 aromatic heterocycles. The first kappa shape index (κ1) is 55.2. The van der Waals surface area contributed by atoms with Gasteiger partial charge in [0.1, 0.15) is 30.1 Å². The highest BCUT2D eigenvalue weighted by Gasteiger charge is 2.53. The van der Waals surface area contributed by atoms with E-state index in [0.29, 0.717) is 70.0 Å². The summed E-state index contributed by atoms with van der Waals surface area (Å²) in [6.07, 6.45) is 11.3. The number of ether oxygens (including phenoxy) is 5. The van der Waals surface area contributed by atoms with Crippen molar-refractivity contribution in [3.8, 4) is 0 Å². The molecule has 0 spiro atoms. The molecule has 2 bridgehead atoms. The third kappa shape index (κ3) is 14.6. The molecule has 4 rings (SSSR count). The number of nitrogens with zero attached hydrogens (tertiary/aromatic N) is 1. The summed E-state index contributed by atoms with van der Waals surface area (Å²) < 4.78 is 29.7. The molecule has 0 aromatic rings. The molecule has 14 nitrogen and oxygen atoms in total. The van der Waals surface area contributed by atoms with Gasteiger partial charge in [0.05, 0.1) is 24.4 Å². The number of rotatable bonds is 7. The predicted octanol–water partition coefficient (Wildman–Crippen LogP) is 6.57. The van der Waals surface area contributed by atoms with Gasteiger partial charge in [0.25, 0.3) is 11.7 Å². The van der Waals surface area contributed by atoms with E-state index in [4.69, 9.17) is 23.7 Å². The van der Waals surface area contributed by atoms with Crippen molar-refractivity contribution in [2.75, 3.05) is 27.4 Å². The van der Waals surface area contributed by atoms with Crippen LogP contribution in [0.3, 0.4) is 0 Å². The average molecular weight is 928 g/mol. The highest BCUT2D eigenvalue weighted by Crippen LogP contribution is 2.38. The predicted molar refractivity (Wildman–Crippen MR) is 250 cm³/mol. The topological polar surface area (TPSA) is 195 Å². The van der Waals surface area contributed by atoms with Crippen molar-refractivity contribution < 1.29 is 63.0 Å². The van der Waals surface area contributed by atoms with Gasteiger partial charge < -0.3 is 43.9 Å². The second kappa shape index (κ2) is 25.8. The molecule has 3 heterocycles. The minimum Gasteiger partial charge on any atom is -0.460 e. The highest BCUT2D eigenvalue weighted by atomic mass is 16.6. The van der Waals surface area contributed by atoms with Gasteiger partial charge in [-0.15, -0.1) is 0 Å². The molecule has 1 unspecified atom stereocenters. The molecule has 1 amide bonds. The van der Waals surface area contributed by atoms with Gasteiger partial charge in [-0.05, 0) is 114 Å². The fraction of sp³-hybridized carbons (Fsp3) is 0.750. The van der Waals surface area contributed by atoms with Crippen LogP contribution in [0.2, 0.25) is 0 Å². The fourth-order valence-corrected chi connectivity index (χ4v) is 10.2. The van der Waals surface area contributed by atoms with E-state index in [1.54, 1.807) is 34.0 Å². The number of aliphatic hydroxyl groups is 3. The SMILES string of the molecule is CCO[C@@H]1C[C@@H]2CC[C@@H](C)[C@@](O)(O2)C(=O)C(=O)N2CCCC[C@H]2C(=O)O[C@H](C(C)C[C@H]2CC[C@@H](O)[C@H](OC)C2)CC(=O)[C@H](C)/C=C(\C)[C@@H](O)[C@@H](OC)C(=O)[C@H](C)C[C@H](C)/C=C/C=CC=C1C. The molecule has 3 aliphatic heterocycles. The summed E-state index contributed by atoms with van der Waals surface area (Å²) in [7, 11) is 2.95. The third-order valence-corrected chi connectivity index (χ3v) is 14.6. The molecule has 0 radical (unpaired) electrons. The molecule has 0 aromatic carbocycles. The van der Waals surface area contributed by atoms with E-state index >= 15 is 0 Å². The lowest BCUT2D eigenvalue weighted by atomic mass is 9.78. The maximum absolute atomic E-state index is 14.4. The quantitative estimate of drug-likeness (QED) is 0.141. The van der Waals surface area contributed by atoms with Gasteiger partial charge in [-0.2, -0.15) is 0 Å². The fourth-order valence-electron chi connectivity index (χ4n) is 10.2. The standard InChI is InChI=1S/C52H81NO13/c1-11-64-43-29-39-22-20-37(8)52(61,66-39)49(58)50(59)53-24-16-15-19-40(53)51(60)65-44(34(5)27-38-21-23-41(54)45(28-38)62-9)30-42(55)33(4)26-36(7)47(57)48(63-10)46(56)35(6)25-31(2)17-13-12-14-18-32(43)3/h12-14,17-18,26,31,33-35,37-41,43-45,47-48,54,57,61H,11,15-16,19-25,27-30H2,1-10H3/b14-12?,17-13+,32-18?,36-26+/t31-,33-,34?,35-,37-,38-,39+,40+,41-,43-,44+,45-,47-,48+,52-/m1/s1. The number of piperidine rings is 1. The second-order valence-electron chi connectivity index (χ2n) is 19.8. The van der Waals surface area contributed by atoms with Crippen molar-refractivity contribution in [1.82, 2.24) is 4.90 Å². The maximum Gasteiger partial charge on any atom is 0.329 e. The number of ketones is 3. The molecule has 4 aliphatic rings. The molecule has 3 N–H and O–H groups in total. The summed E-state index contributed by atoms with van der Waals surface area (Å²) in [5.74, 6) is -7.95. The van der Waals surface area contributed by atoms with Gasteiger partial charge in [0.2, 0.25) is 5.79 Å². The Morgan fingerprint density at radius 3 is 2.29 bits per heavy atom. The Labute approximate surface area is 393 Å². The van der Waals surface area contributed by atoms with E-state index in [2.05, 4.69) is 0 Å². The van der Waals surface area contributed by atoms with Crippen LogP contribution in [-0.2, 0) is 47.7 Å². The Kier molecular flexibility index (Phi) is 21.6. The number of Topliss-reactive ketones (excluding diaryl/α,β-unsaturated/α-hetero) is 3. The number of esters is 1. The number of carbonyl (C=O) groups is 5. The Morgan fingerprint density at radius 1 is 0.879 bits per heavy atom. The molecular weight excluding hydrogens is 847 g/mol. The number of carbonyl (C=O) groups excluding carboxylic acids is 5. The highest BCUT2D eigenvalue weighted by molar-refractivity contribution is 6.39. The Morgan fingerprint density at radius 2 is 1.61 bits per heavy atom. The van der Waals surface area contributed by atoms with Gasteiger partial charge in [0, 0.05) is 58.0 Å². The van der Waals surface area contributed by atoms with Crippen LogP contribution in [0.15, 0.2) is 47.6 Å². The number of methoxy groups -OCH3 is 2. The lowest BCUT2D eigenvalue weighted by molar-refractivity contribution is -0.266. The van der Waals surface area contributed by atoms with Crippen molar-refractivity contribution in [1.29, 1.82) is 0 Å². The van der Waals surface area contributed by atoms with Crippen LogP contribution in [0.4, 0.5) is 0 Å². The second-order valence-corrected chi connectivity index (χ2v) is 19.8. The summed E-state index contributed by atoms with van der Waals surface area (Å²) in [6.45, 7) is 15.1. The number of fused-ring (bicyclic) bond motifs is 3. The summed E-state index contributed by atoms with van der Waals surface area (Å²) >= 11 is 0. The van der Waals surface area contributed by atoms with E-state index in [9.17, 15) is 39.3 Å². The van der Waals surface area contributed by atoms with Crippen LogP contribution in [0.25, 0.3) is 0 Å². The van der Waals surface area contributed by atoms with Gasteiger partial charge in [-0.25, -0.2) is 4.79 Å². The molecule has 15 atom stereocenters. The molecule has 14 heteroatoms. The van der Waals surface area contributed by atoms with Crippen LogP contribution in [0.1, 0.15) is 132 Å². The zero-order valence-corrected chi connectivity index (χ0v) is 41.3. The molecule has 2 saturated heterocycles. The summed E-state index contributed by atoms with van der Waals surface area (Å²) in [6, 6.07) is -1.14. The van der Waals surface area contributed by atoms with E-state index in [-0.39, 0.29) is 54.8 Å². The minimum absolute atomic E-state index is 0.0188. The summed E-state index contributed by atoms with van der Waals surface area (Å²) in [4.78, 5) is 71.9. The molecule has 3 fully saturated rings. The van der Waals surface area contributed by atoms with Gasteiger partial charge >= 0.3 is 5.97 Å². The third-order valence-electron chi connectivity index (χ3n) is 14.6. The zero-order valence-electron chi connectivity index (χ0n) is 41.3. The minimum atomic E-state index is -2.43. The van der Waals surface area contributed by atoms with Crippen LogP contribution in [0, 0.1) is 35.5 Å².